The number of nitrogens with one attached hydrogen (secondary N) is 1. The van der Waals surface area contributed by atoms with Gasteiger partial charge in [-0.15, -0.1) is 0 Å². The van der Waals surface area contributed by atoms with Gasteiger partial charge in [0.2, 0.25) is 6.54 Å². The number of nitrogens with two attached hydrogens (primary N) is 1. The zero-order chi connectivity index (χ0) is 8.69. The van der Waals surface area contributed by atoms with Gasteiger partial charge in [0.05, 0.1) is 11.6 Å². The first-order chi connectivity index (χ1) is 5.20. The van der Waals surface area contributed by atoms with Crippen LogP contribution < -0.4 is 10.7 Å². The number of hydrogen-bond acceptors (Lipinski definition) is 3. The maximum Gasteiger partial charge on any atom is 0.371 e. The number of esters is 1. The van der Waals surface area contributed by atoms with Crippen LogP contribution in [-0.4, -0.2) is 25.8 Å². The fourth-order valence-corrected chi connectivity index (χ4v) is 0.514. The van der Waals surface area contributed by atoms with E-state index in [0.29, 0.717) is 4.48 Å². The normalized spacial score (nSPS) is 12.0. The first kappa shape index (κ1) is 10.2. The average molecular weight is 222 g/mol. The Morgan fingerprint density at radius 3 is 2.91 bits per heavy atom. The van der Waals surface area contributed by atoms with Gasteiger partial charge in [-0.2, -0.15) is 0 Å². The quantitative estimate of drug-likeness (QED) is 0.451. The lowest BCUT2D eigenvalue weighted by molar-refractivity contribution is -0.440. The van der Waals surface area contributed by atoms with Crippen molar-refractivity contribution in [3.8, 4) is 0 Å². The van der Waals surface area contributed by atoms with Gasteiger partial charge in [-0.1, -0.05) is 0 Å². The molecule has 3 N–H and O–H groups in total. The minimum Gasteiger partial charge on any atom is -0.464 e. The first-order valence-corrected chi connectivity index (χ1v) is 3.70. The van der Waals surface area contributed by atoms with Gasteiger partial charge in [0, 0.05) is 6.20 Å². The number of carbonyl (C=O) groups excluding carboxylic acids is 1. The molecule has 0 saturated carbocycles. The topological polar surface area (TPSA) is 66.3 Å². The monoisotopic (exact) mass is 221 g/mol. The second-order valence-electron chi connectivity index (χ2n) is 1.65. The molecule has 0 heterocycles. The lowest BCUT2D eigenvalue weighted by Crippen LogP contribution is -2.71. The first-order valence-electron chi connectivity index (χ1n) is 2.91. The van der Waals surface area contributed by atoms with Crippen molar-refractivity contribution in [3.05, 3.63) is 10.7 Å². The Morgan fingerprint density at radius 2 is 2.45 bits per heavy atom. The van der Waals surface area contributed by atoms with Gasteiger partial charge in [-0.05, 0) is 15.9 Å². The van der Waals surface area contributed by atoms with Crippen LogP contribution in [0.1, 0.15) is 0 Å². The van der Waals surface area contributed by atoms with E-state index < -0.39 is 0 Å². The third-order valence-electron chi connectivity index (χ3n) is 0.873. The number of rotatable bonds is 3. The number of carbonyl (C=O) groups is 1. The molecule has 4 nitrogen and oxygen atoms in total. The van der Waals surface area contributed by atoms with E-state index in [-0.39, 0.29) is 12.5 Å². The zero-order valence-corrected chi connectivity index (χ0v) is 7.72. The Morgan fingerprint density at radius 1 is 1.82 bits per heavy atom. The highest BCUT2D eigenvalue weighted by Gasteiger charge is 1.99. The third kappa shape index (κ3) is 5.60. The van der Waals surface area contributed by atoms with Crippen LogP contribution in [0.15, 0.2) is 10.7 Å². The van der Waals surface area contributed by atoms with Crippen molar-refractivity contribution in [2.75, 3.05) is 13.7 Å². The standard InChI is InChI=1S/C6H9BrN2O2/c1-11-6(10)4-9-3-5(7)2-8/h2-3H,4,8H2,1H3/p+1/b5-2+,9-3?. The summed E-state index contributed by atoms with van der Waals surface area (Å²) >= 11 is 3.11. The molecular weight excluding hydrogens is 212 g/mol. The summed E-state index contributed by atoms with van der Waals surface area (Å²) in [6, 6.07) is 0. The molecule has 0 aliphatic rings. The molecule has 0 aromatic rings. The van der Waals surface area contributed by atoms with Gasteiger partial charge in [-0.3, -0.25) is 0 Å². The highest BCUT2D eigenvalue weighted by Crippen LogP contribution is 1.93. The van der Waals surface area contributed by atoms with E-state index in [1.807, 2.05) is 0 Å². The molecule has 0 aliphatic heterocycles. The summed E-state index contributed by atoms with van der Waals surface area (Å²) in [5.41, 5.74) is 5.13. The largest absolute Gasteiger partial charge is 0.464 e. The minimum absolute atomic E-state index is 0.138. The molecule has 0 aliphatic carbocycles. The van der Waals surface area contributed by atoms with E-state index in [4.69, 9.17) is 5.73 Å². The van der Waals surface area contributed by atoms with Gasteiger partial charge in [0.25, 0.3) is 0 Å². The molecule has 62 valence electrons. The maximum atomic E-state index is 10.5. The fraction of sp³-hybridized carbons (Fsp3) is 0.333. The number of halogens is 1. The van der Waals surface area contributed by atoms with Crippen molar-refractivity contribution in [2.45, 2.75) is 0 Å². The van der Waals surface area contributed by atoms with Crippen LogP contribution >= 0.6 is 15.9 Å². The molecule has 0 amide bonds. The molecule has 11 heavy (non-hydrogen) atoms. The SMILES string of the molecule is COC(=O)C[NH+]=C/C(Br)=C\N. The highest BCUT2D eigenvalue weighted by molar-refractivity contribution is 9.12. The number of hydrogen-bond donors (Lipinski definition) is 2. The molecule has 0 spiro atoms. The Hall–Kier alpha value is -0.840. The maximum absolute atomic E-state index is 10.5. The lowest BCUT2D eigenvalue weighted by atomic mass is 10.6. The number of methoxy groups -OCH3 is 1. The van der Waals surface area contributed by atoms with Crippen LogP contribution in [0.4, 0.5) is 0 Å². The molecule has 5 heteroatoms. The van der Waals surface area contributed by atoms with E-state index in [9.17, 15) is 4.79 Å². The van der Waals surface area contributed by atoms with Gasteiger partial charge in [0.1, 0.15) is 0 Å². The summed E-state index contributed by atoms with van der Waals surface area (Å²) in [5, 5.41) is 0. The molecule has 0 rings (SSSR count). The van der Waals surface area contributed by atoms with Gasteiger partial charge in [-0.25, -0.2) is 9.79 Å². The molecule has 0 aromatic heterocycles. The lowest BCUT2D eigenvalue weighted by Gasteiger charge is -1.87. The minimum atomic E-state index is -0.321. The fourth-order valence-electron chi connectivity index (χ4n) is 0.352. The molecule has 0 bridgehead atoms. The Labute approximate surface area is 73.3 Å². The van der Waals surface area contributed by atoms with Crippen molar-refractivity contribution in [1.82, 2.24) is 0 Å². The van der Waals surface area contributed by atoms with E-state index in [0.717, 1.165) is 0 Å². The molecule has 0 fully saturated rings. The Kier molecular flexibility index (Phi) is 5.46. The number of allylic oxidation sites excluding steroid dienone is 1. The smallest absolute Gasteiger partial charge is 0.371 e. The molecule has 0 aromatic carbocycles. The predicted octanol–water partition coefficient (Wildman–Crippen LogP) is -1.49. The van der Waals surface area contributed by atoms with Crippen LogP contribution in [0, 0.1) is 0 Å². The van der Waals surface area contributed by atoms with Crippen molar-refractivity contribution in [1.29, 1.82) is 0 Å². The summed E-state index contributed by atoms with van der Waals surface area (Å²) in [6.07, 6.45) is 2.93. The highest BCUT2D eigenvalue weighted by atomic mass is 79.9. The van der Waals surface area contributed by atoms with E-state index in [2.05, 4.69) is 25.7 Å². The number of ether oxygens (including phenoxy) is 1. The van der Waals surface area contributed by atoms with Crippen LogP contribution in [0.2, 0.25) is 0 Å². The molecule has 0 unspecified atom stereocenters. The van der Waals surface area contributed by atoms with Crippen molar-refractivity contribution < 1.29 is 14.5 Å². The summed E-state index contributed by atoms with van der Waals surface area (Å²) in [4.78, 5) is 13.2. The van der Waals surface area contributed by atoms with Gasteiger partial charge in [0.15, 0.2) is 6.21 Å². The van der Waals surface area contributed by atoms with Crippen molar-refractivity contribution >= 4 is 28.1 Å². The second-order valence-corrected chi connectivity index (χ2v) is 2.57. The van der Waals surface area contributed by atoms with Crippen LogP contribution in [0.3, 0.4) is 0 Å². The Bertz CT molecular complexity index is 189. The molecule has 0 atom stereocenters. The van der Waals surface area contributed by atoms with Crippen LogP contribution in [0.5, 0.6) is 0 Å². The van der Waals surface area contributed by atoms with Gasteiger partial charge < -0.3 is 10.5 Å². The van der Waals surface area contributed by atoms with Gasteiger partial charge >= 0.3 is 5.97 Å². The third-order valence-corrected chi connectivity index (χ3v) is 1.37. The predicted molar refractivity (Wildman–Crippen MR) is 45.1 cm³/mol. The molecular formula is C6H10BrN2O2+. The molecule has 0 radical (unpaired) electrons. The summed E-state index contributed by atoms with van der Waals surface area (Å²) in [5.74, 6) is -0.321. The van der Waals surface area contributed by atoms with Crippen molar-refractivity contribution in [3.63, 3.8) is 0 Å². The molecule has 0 saturated heterocycles. The van der Waals surface area contributed by atoms with Crippen LogP contribution in [0.25, 0.3) is 0 Å². The average Bonchev–Trinajstić information content (AvgIpc) is 2.04. The second kappa shape index (κ2) is 5.91. The van der Waals surface area contributed by atoms with E-state index in [1.54, 1.807) is 6.21 Å². The summed E-state index contributed by atoms with van der Waals surface area (Å²) in [7, 11) is 1.33. The summed E-state index contributed by atoms with van der Waals surface area (Å²) < 4.78 is 5.06. The van der Waals surface area contributed by atoms with Crippen LogP contribution in [-0.2, 0) is 9.53 Å². The zero-order valence-electron chi connectivity index (χ0n) is 6.13. The van der Waals surface area contributed by atoms with E-state index in [1.165, 1.54) is 13.3 Å². The van der Waals surface area contributed by atoms with E-state index >= 15 is 0 Å². The summed E-state index contributed by atoms with van der Waals surface area (Å²) in [6.45, 7) is 0.138. The Balaban J connectivity index is 3.69. The van der Waals surface area contributed by atoms with Crippen molar-refractivity contribution in [2.24, 2.45) is 5.73 Å².